The Labute approximate surface area is 122 Å². The molecule has 0 atom stereocenters. The minimum atomic E-state index is -1.17. The molecule has 0 spiro atoms. The summed E-state index contributed by atoms with van der Waals surface area (Å²) in [6, 6.07) is 4.36. The number of benzene rings is 1. The van der Waals surface area contributed by atoms with Crippen molar-refractivity contribution in [3.63, 3.8) is 0 Å². The number of hydrogen-bond acceptors (Lipinski definition) is 4. The van der Waals surface area contributed by atoms with Crippen molar-refractivity contribution in [1.82, 2.24) is 4.98 Å². The van der Waals surface area contributed by atoms with Gasteiger partial charge in [-0.2, -0.15) is 0 Å². The molecule has 0 amide bonds. The SMILES string of the molecule is Nc1cc(Cl)c(Oc2cncc(Br)c2)c(C(=O)O)c1. The predicted octanol–water partition coefficient (Wildman–Crippen LogP) is 3.57. The summed E-state index contributed by atoms with van der Waals surface area (Å²) < 4.78 is 6.18. The summed E-state index contributed by atoms with van der Waals surface area (Å²) in [4.78, 5) is 15.1. The summed E-state index contributed by atoms with van der Waals surface area (Å²) in [5.41, 5.74) is 5.71. The second kappa shape index (κ2) is 5.46. The fourth-order valence-electron chi connectivity index (χ4n) is 1.44. The van der Waals surface area contributed by atoms with Crippen molar-refractivity contribution in [1.29, 1.82) is 0 Å². The summed E-state index contributed by atoms with van der Waals surface area (Å²) in [6.45, 7) is 0. The van der Waals surface area contributed by atoms with Crippen LogP contribution in [0.3, 0.4) is 0 Å². The molecule has 1 heterocycles. The van der Waals surface area contributed by atoms with E-state index >= 15 is 0 Å². The number of hydrogen-bond donors (Lipinski definition) is 2. The average molecular weight is 344 g/mol. The number of nitrogen functional groups attached to an aromatic ring is 1. The zero-order chi connectivity index (χ0) is 14.0. The van der Waals surface area contributed by atoms with E-state index in [1.54, 1.807) is 12.3 Å². The van der Waals surface area contributed by atoms with E-state index in [-0.39, 0.29) is 22.0 Å². The molecular weight excluding hydrogens is 336 g/mol. The van der Waals surface area contributed by atoms with Gasteiger partial charge in [-0.1, -0.05) is 11.6 Å². The maximum absolute atomic E-state index is 11.2. The highest BCUT2D eigenvalue weighted by Gasteiger charge is 2.17. The second-order valence-electron chi connectivity index (χ2n) is 3.63. The summed E-state index contributed by atoms with van der Waals surface area (Å²) in [5.74, 6) is -0.779. The zero-order valence-electron chi connectivity index (χ0n) is 9.43. The molecule has 0 aliphatic heterocycles. The lowest BCUT2D eigenvalue weighted by Crippen LogP contribution is -2.02. The van der Waals surface area contributed by atoms with E-state index in [2.05, 4.69) is 20.9 Å². The Morgan fingerprint density at radius 3 is 2.74 bits per heavy atom. The van der Waals surface area contributed by atoms with Crippen LogP contribution in [-0.4, -0.2) is 16.1 Å². The molecule has 0 saturated carbocycles. The van der Waals surface area contributed by atoms with Gasteiger partial charge in [0.05, 0.1) is 11.2 Å². The highest BCUT2D eigenvalue weighted by molar-refractivity contribution is 9.10. The molecule has 19 heavy (non-hydrogen) atoms. The van der Waals surface area contributed by atoms with Gasteiger partial charge in [-0.05, 0) is 34.1 Å². The number of carboxylic acids is 1. The van der Waals surface area contributed by atoms with Crippen LogP contribution in [0.25, 0.3) is 0 Å². The molecule has 0 aliphatic rings. The van der Waals surface area contributed by atoms with Crippen LogP contribution >= 0.6 is 27.5 Å². The minimum absolute atomic E-state index is 0.0308. The number of aromatic nitrogens is 1. The first-order valence-corrected chi connectivity index (χ1v) is 6.25. The number of anilines is 1. The van der Waals surface area contributed by atoms with Gasteiger partial charge in [-0.15, -0.1) is 0 Å². The summed E-state index contributed by atoms with van der Waals surface area (Å²) in [6.07, 6.45) is 3.03. The molecular formula is C12H8BrClN2O3. The smallest absolute Gasteiger partial charge is 0.339 e. The standard InChI is InChI=1S/C12H8BrClN2O3/c13-6-1-8(5-16-4-6)19-11-9(12(17)18)2-7(15)3-10(11)14/h1-5H,15H2,(H,17,18). The molecule has 0 saturated heterocycles. The molecule has 2 aromatic rings. The summed E-state index contributed by atoms with van der Waals surface area (Å²) >= 11 is 9.21. The molecule has 0 radical (unpaired) electrons. The predicted molar refractivity (Wildman–Crippen MR) is 74.8 cm³/mol. The van der Waals surface area contributed by atoms with E-state index in [0.717, 1.165) is 0 Å². The second-order valence-corrected chi connectivity index (χ2v) is 4.95. The van der Waals surface area contributed by atoms with Gasteiger partial charge in [-0.25, -0.2) is 4.79 Å². The normalized spacial score (nSPS) is 10.2. The first-order chi connectivity index (χ1) is 8.97. The van der Waals surface area contributed by atoms with Crippen molar-refractivity contribution in [2.45, 2.75) is 0 Å². The molecule has 1 aromatic heterocycles. The number of carbonyl (C=O) groups is 1. The molecule has 5 nitrogen and oxygen atoms in total. The van der Waals surface area contributed by atoms with Crippen LogP contribution in [-0.2, 0) is 0 Å². The number of ether oxygens (including phenoxy) is 1. The number of rotatable bonds is 3. The van der Waals surface area contributed by atoms with Crippen molar-refractivity contribution in [2.24, 2.45) is 0 Å². The fraction of sp³-hybridized carbons (Fsp3) is 0. The highest BCUT2D eigenvalue weighted by atomic mass is 79.9. The topological polar surface area (TPSA) is 85.4 Å². The van der Waals surface area contributed by atoms with Gasteiger partial charge in [0, 0.05) is 16.4 Å². The Morgan fingerprint density at radius 1 is 1.37 bits per heavy atom. The molecule has 1 aromatic carbocycles. The molecule has 0 unspecified atom stereocenters. The van der Waals surface area contributed by atoms with Crippen LogP contribution in [0, 0.1) is 0 Å². The summed E-state index contributed by atoms with van der Waals surface area (Å²) in [5, 5.41) is 9.25. The average Bonchev–Trinajstić information content (AvgIpc) is 2.32. The van der Waals surface area contributed by atoms with Gasteiger partial charge in [0.25, 0.3) is 0 Å². The van der Waals surface area contributed by atoms with Crippen molar-refractivity contribution in [2.75, 3.05) is 5.73 Å². The first-order valence-electron chi connectivity index (χ1n) is 5.08. The van der Waals surface area contributed by atoms with Crippen LogP contribution in [0.5, 0.6) is 11.5 Å². The van der Waals surface area contributed by atoms with E-state index in [9.17, 15) is 4.79 Å². The molecule has 7 heteroatoms. The van der Waals surface area contributed by atoms with Crippen LogP contribution in [0.2, 0.25) is 5.02 Å². The van der Waals surface area contributed by atoms with Crippen molar-refractivity contribution in [3.05, 3.63) is 45.7 Å². The maximum Gasteiger partial charge on any atom is 0.339 e. The zero-order valence-corrected chi connectivity index (χ0v) is 11.8. The Kier molecular flexibility index (Phi) is 3.92. The Bertz CT molecular complexity index is 649. The highest BCUT2D eigenvalue weighted by Crippen LogP contribution is 2.35. The third-order valence-electron chi connectivity index (χ3n) is 2.20. The van der Waals surface area contributed by atoms with Crippen LogP contribution in [0.1, 0.15) is 10.4 Å². The number of pyridine rings is 1. The van der Waals surface area contributed by atoms with Crippen LogP contribution in [0.15, 0.2) is 35.1 Å². The third-order valence-corrected chi connectivity index (χ3v) is 2.91. The van der Waals surface area contributed by atoms with Gasteiger partial charge in [0.2, 0.25) is 0 Å². The Morgan fingerprint density at radius 2 is 2.11 bits per heavy atom. The van der Waals surface area contributed by atoms with Crippen molar-refractivity contribution < 1.29 is 14.6 Å². The third kappa shape index (κ3) is 3.15. The first kappa shape index (κ1) is 13.6. The fourth-order valence-corrected chi connectivity index (χ4v) is 2.05. The maximum atomic E-state index is 11.2. The molecule has 0 bridgehead atoms. The van der Waals surface area contributed by atoms with E-state index in [1.807, 2.05) is 0 Å². The monoisotopic (exact) mass is 342 g/mol. The molecule has 3 N–H and O–H groups in total. The Balaban J connectivity index is 2.47. The number of nitrogens with zero attached hydrogens (tertiary/aromatic N) is 1. The molecule has 98 valence electrons. The van der Waals surface area contributed by atoms with Crippen LogP contribution < -0.4 is 10.5 Å². The van der Waals surface area contributed by atoms with Gasteiger partial charge in [0.1, 0.15) is 11.3 Å². The van der Waals surface area contributed by atoms with Crippen molar-refractivity contribution in [3.8, 4) is 11.5 Å². The van der Waals surface area contributed by atoms with Crippen LogP contribution in [0.4, 0.5) is 5.69 Å². The lowest BCUT2D eigenvalue weighted by Gasteiger charge is -2.11. The minimum Gasteiger partial charge on any atom is -0.478 e. The van der Waals surface area contributed by atoms with Gasteiger partial charge in [-0.3, -0.25) is 4.98 Å². The quantitative estimate of drug-likeness (QED) is 0.832. The lowest BCUT2D eigenvalue weighted by molar-refractivity contribution is 0.0694. The largest absolute Gasteiger partial charge is 0.478 e. The van der Waals surface area contributed by atoms with Gasteiger partial charge < -0.3 is 15.6 Å². The molecule has 2 rings (SSSR count). The number of nitrogens with two attached hydrogens (primary N) is 1. The van der Waals surface area contributed by atoms with E-state index < -0.39 is 5.97 Å². The number of carboxylic acid groups (broad SMARTS) is 1. The van der Waals surface area contributed by atoms with E-state index in [0.29, 0.717) is 10.2 Å². The molecule has 0 aliphatic carbocycles. The van der Waals surface area contributed by atoms with Crippen molar-refractivity contribution >= 4 is 39.2 Å². The summed E-state index contributed by atoms with van der Waals surface area (Å²) in [7, 11) is 0. The van der Waals surface area contributed by atoms with Gasteiger partial charge in [0.15, 0.2) is 5.75 Å². The lowest BCUT2D eigenvalue weighted by atomic mass is 10.2. The number of halogens is 2. The molecule has 0 fully saturated rings. The Hall–Kier alpha value is -1.79. The van der Waals surface area contributed by atoms with E-state index in [1.165, 1.54) is 18.3 Å². The number of aromatic carboxylic acids is 1. The van der Waals surface area contributed by atoms with E-state index in [4.69, 9.17) is 27.2 Å². The van der Waals surface area contributed by atoms with Gasteiger partial charge >= 0.3 is 5.97 Å².